The van der Waals surface area contributed by atoms with Crippen LogP contribution in [0.3, 0.4) is 0 Å². The summed E-state index contributed by atoms with van der Waals surface area (Å²) in [5.74, 6) is 1.80. The quantitative estimate of drug-likeness (QED) is 0.481. The van der Waals surface area contributed by atoms with Gasteiger partial charge in [-0.3, -0.25) is 0 Å². The Hall–Kier alpha value is -3.33. The zero-order valence-corrected chi connectivity index (χ0v) is 15.1. The van der Waals surface area contributed by atoms with Crippen LogP contribution in [0.1, 0.15) is 17.2 Å². The number of fused-ring (bicyclic) bond motifs is 3. The smallest absolute Gasteiger partial charge is 0.135 e. The van der Waals surface area contributed by atoms with Crippen LogP contribution in [0.25, 0.3) is 22.2 Å². The summed E-state index contributed by atoms with van der Waals surface area (Å²) < 4.78 is 11.7. The third-order valence-electron chi connectivity index (χ3n) is 5.13. The molecule has 0 radical (unpaired) electrons. The molecule has 2 heterocycles. The van der Waals surface area contributed by atoms with Gasteiger partial charge in [0, 0.05) is 22.9 Å². The molecular formula is C24H19NO2. The highest BCUT2D eigenvalue weighted by Gasteiger charge is 2.30. The molecule has 132 valence electrons. The number of hydrogen-bond donors (Lipinski definition) is 0. The van der Waals surface area contributed by atoms with E-state index in [1.54, 1.807) is 7.11 Å². The van der Waals surface area contributed by atoms with Gasteiger partial charge in [0.2, 0.25) is 0 Å². The Morgan fingerprint density at radius 2 is 1.63 bits per heavy atom. The molecule has 4 aromatic rings. The average Bonchev–Trinajstić information content (AvgIpc) is 3.20. The van der Waals surface area contributed by atoms with Gasteiger partial charge in [-0.1, -0.05) is 42.5 Å². The normalized spacial score (nSPS) is 15.4. The van der Waals surface area contributed by atoms with Crippen LogP contribution in [0.4, 0.5) is 0 Å². The number of pyridine rings is 1. The number of benzene rings is 3. The van der Waals surface area contributed by atoms with Crippen molar-refractivity contribution < 1.29 is 9.47 Å². The van der Waals surface area contributed by atoms with E-state index < -0.39 is 0 Å². The molecule has 1 aliphatic heterocycles. The van der Waals surface area contributed by atoms with Crippen molar-refractivity contribution in [2.45, 2.75) is 12.5 Å². The third kappa shape index (κ3) is 2.72. The number of ether oxygens (including phenoxy) is 2. The summed E-state index contributed by atoms with van der Waals surface area (Å²) in [6, 6.07) is 26.7. The molecule has 3 aromatic carbocycles. The Morgan fingerprint density at radius 1 is 0.889 bits per heavy atom. The first-order chi connectivity index (χ1) is 13.3. The van der Waals surface area contributed by atoms with E-state index in [0.717, 1.165) is 40.1 Å². The van der Waals surface area contributed by atoms with Crippen LogP contribution in [-0.2, 0) is 6.42 Å². The highest BCUT2D eigenvalue weighted by atomic mass is 16.5. The lowest BCUT2D eigenvalue weighted by molar-refractivity contribution is 0.241. The van der Waals surface area contributed by atoms with Crippen molar-refractivity contribution in [3.8, 4) is 22.8 Å². The van der Waals surface area contributed by atoms with Gasteiger partial charge < -0.3 is 9.47 Å². The van der Waals surface area contributed by atoms with E-state index in [1.807, 2.05) is 36.4 Å². The maximum Gasteiger partial charge on any atom is 0.135 e. The minimum absolute atomic E-state index is 0.0193. The molecule has 0 amide bonds. The van der Waals surface area contributed by atoms with Crippen LogP contribution in [0.2, 0.25) is 0 Å². The van der Waals surface area contributed by atoms with Gasteiger partial charge >= 0.3 is 0 Å². The second kappa shape index (κ2) is 6.44. The number of aromatic nitrogens is 1. The van der Waals surface area contributed by atoms with Gasteiger partial charge in [0.05, 0.1) is 18.3 Å². The van der Waals surface area contributed by atoms with Crippen LogP contribution >= 0.6 is 0 Å². The SMILES string of the molecule is COc1ccc(-c2nc3ccccc3c3c2CC(c2ccccc2)O3)cc1. The zero-order chi connectivity index (χ0) is 18.2. The van der Waals surface area contributed by atoms with Crippen molar-refractivity contribution in [2.24, 2.45) is 0 Å². The van der Waals surface area contributed by atoms with Crippen molar-refractivity contribution in [2.75, 3.05) is 7.11 Å². The molecule has 1 aromatic heterocycles. The van der Waals surface area contributed by atoms with Gasteiger partial charge in [-0.2, -0.15) is 0 Å². The topological polar surface area (TPSA) is 31.4 Å². The Labute approximate surface area is 158 Å². The molecule has 5 rings (SSSR count). The van der Waals surface area contributed by atoms with Crippen LogP contribution in [0.5, 0.6) is 11.5 Å². The lowest BCUT2D eigenvalue weighted by atomic mass is 9.97. The first-order valence-corrected chi connectivity index (χ1v) is 9.11. The maximum absolute atomic E-state index is 6.45. The fraction of sp³-hybridized carbons (Fsp3) is 0.125. The van der Waals surface area contributed by atoms with Crippen molar-refractivity contribution in [3.05, 3.63) is 90.0 Å². The summed E-state index contributed by atoms with van der Waals surface area (Å²) in [4.78, 5) is 4.98. The molecule has 0 aliphatic carbocycles. The van der Waals surface area contributed by atoms with Crippen molar-refractivity contribution >= 4 is 10.9 Å². The molecule has 1 aliphatic rings. The fourth-order valence-electron chi connectivity index (χ4n) is 3.76. The van der Waals surface area contributed by atoms with E-state index in [0.29, 0.717) is 0 Å². The number of methoxy groups -OCH3 is 1. The molecule has 3 heteroatoms. The van der Waals surface area contributed by atoms with Crippen LogP contribution in [0, 0.1) is 0 Å². The average molecular weight is 353 g/mol. The second-order valence-electron chi connectivity index (χ2n) is 6.74. The van der Waals surface area contributed by atoms with E-state index in [2.05, 4.69) is 42.5 Å². The number of hydrogen-bond acceptors (Lipinski definition) is 3. The van der Waals surface area contributed by atoms with E-state index in [4.69, 9.17) is 14.5 Å². The molecule has 1 unspecified atom stereocenters. The van der Waals surface area contributed by atoms with E-state index in [1.165, 1.54) is 11.1 Å². The molecule has 27 heavy (non-hydrogen) atoms. The third-order valence-corrected chi connectivity index (χ3v) is 5.13. The lowest BCUT2D eigenvalue weighted by Crippen LogP contribution is -2.02. The molecule has 0 N–H and O–H groups in total. The summed E-state index contributed by atoms with van der Waals surface area (Å²) in [6.07, 6.45) is 0.837. The molecule has 1 atom stereocenters. The van der Waals surface area contributed by atoms with E-state index in [-0.39, 0.29) is 6.10 Å². The number of nitrogens with zero attached hydrogens (tertiary/aromatic N) is 1. The van der Waals surface area contributed by atoms with Crippen molar-refractivity contribution in [1.82, 2.24) is 4.98 Å². The van der Waals surface area contributed by atoms with Crippen LogP contribution in [0.15, 0.2) is 78.9 Å². The molecule has 3 nitrogen and oxygen atoms in total. The number of rotatable bonds is 3. The lowest BCUT2D eigenvalue weighted by Gasteiger charge is -2.12. The summed E-state index contributed by atoms with van der Waals surface area (Å²) in [5, 5.41) is 1.07. The monoisotopic (exact) mass is 353 g/mol. The highest BCUT2D eigenvalue weighted by molar-refractivity contribution is 5.91. The first-order valence-electron chi connectivity index (χ1n) is 9.11. The Balaban J connectivity index is 1.67. The minimum atomic E-state index is 0.0193. The van der Waals surface area contributed by atoms with Gasteiger partial charge in [-0.25, -0.2) is 4.98 Å². The second-order valence-corrected chi connectivity index (χ2v) is 6.74. The molecule has 0 saturated carbocycles. The summed E-state index contributed by atoms with van der Waals surface area (Å²) in [6.45, 7) is 0. The van der Waals surface area contributed by atoms with Crippen LogP contribution in [-0.4, -0.2) is 12.1 Å². The molecule has 0 saturated heterocycles. The van der Waals surface area contributed by atoms with Gasteiger partial charge in [0.15, 0.2) is 0 Å². The number of para-hydroxylation sites is 1. The first kappa shape index (κ1) is 15.9. The van der Waals surface area contributed by atoms with Crippen molar-refractivity contribution in [1.29, 1.82) is 0 Å². The van der Waals surface area contributed by atoms with Gasteiger partial charge in [0.25, 0.3) is 0 Å². The van der Waals surface area contributed by atoms with Crippen molar-refractivity contribution in [3.63, 3.8) is 0 Å². The van der Waals surface area contributed by atoms with E-state index >= 15 is 0 Å². The molecular weight excluding hydrogens is 334 g/mol. The highest BCUT2D eigenvalue weighted by Crippen LogP contribution is 2.45. The minimum Gasteiger partial charge on any atom is -0.497 e. The van der Waals surface area contributed by atoms with Gasteiger partial charge in [-0.05, 0) is 42.0 Å². The maximum atomic E-state index is 6.45. The predicted molar refractivity (Wildman–Crippen MR) is 107 cm³/mol. The summed E-state index contributed by atoms with van der Waals surface area (Å²) in [7, 11) is 1.68. The summed E-state index contributed by atoms with van der Waals surface area (Å²) >= 11 is 0. The Kier molecular flexibility index (Phi) is 3.79. The van der Waals surface area contributed by atoms with Gasteiger partial charge in [0.1, 0.15) is 17.6 Å². The van der Waals surface area contributed by atoms with Crippen LogP contribution < -0.4 is 9.47 Å². The Bertz CT molecular complexity index is 1100. The summed E-state index contributed by atoms with van der Waals surface area (Å²) in [5.41, 5.74) is 5.39. The Morgan fingerprint density at radius 3 is 2.41 bits per heavy atom. The largest absolute Gasteiger partial charge is 0.497 e. The zero-order valence-electron chi connectivity index (χ0n) is 15.1. The molecule has 0 bridgehead atoms. The molecule has 0 fully saturated rings. The predicted octanol–water partition coefficient (Wildman–Crippen LogP) is 5.59. The molecule has 0 spiro atoms. The van der Waals surface area contributed by atoms with E-state index in [9.17, 15) is 0 Å². The standard InChI is InChI=1S/C24H19NO2/c1-26-18-13-11-17(12-14-18)23-20-15-22(16-7-3-2-4-8-16)27-24(20)19-9-5-6-10-21(19)25-23/h2-14,22H,15H2,1H3. The van der Waals surface area contributed by atoms with Gasteiger partial charge in [-0.15, -0.1) is 0 Å². The fourth-order valence-corrected chi connectivity index (χ4v) is 3.76.